The van der Waals surface area contributed by atoms with E-state index in [4.69, 9.17) is 0 Å². The molecule has 0 fully saturated rings. The summed E-state index contributed by atoms with van der Waals surface area (Å²) in [4.78, 5) is 26.0. The zero-order valence-electron chi connectivity index (χ0n) is 11.1. The van der Waals surface area contributed by atoms with Gasteiger partial charge in [0.2, 0.25) is 0 Å². The van der Waals surface area contributed by atoms with Gasteiger partial charge in [0, 0.05) is 16.2 Å². The Morgan fingerprint density at radius 2 is 1.74 bits per heavy atom. The summed E-state index contributed by atoms with van der Waals surface area (Å²) in [6, 6.07) is 3.20. The maximum Gasteiger partial charge on any atom is 0.419 e. The van der Waals surface area contributed by atoms with Gasteiger partial charge >= 0.3 is 6.18 Å². The quantitative estimate of drug-likeness (QED) is 0.541. The zero-order chi connectivity index (χ0) is 17.2. The molecule has 2 aromatic rings. The number of aromatic nitrogens is 1. The number of nitrogens with one attached hydrogen (secondary N) is 3. The summed E-state index contributed by atoms with van der Waals surface area (Å²) in [5, 5.41) is 0. The molecule has 2 rings (SSSR count). The summed E-state index contributed by atoms with van der Waals surface area (Å²) in [6.07, 6.45) is -3.45. The molecule has 3 N–H and O–H groups in total. The third-order valence-corrected chi connectivity index (χ3v) is 3.17. The summed E-state index contributed by atoms with van der Waals surface area (Å²) < 4.78 is 51.5. The van der Waals surface area contributed by atoms with Crippen molar-refractivity contribution >= 4 is 27.7 Å². The molecular formula is C13H8BrF4N3O2. The van der Waals surface area contributed by atoms with Crippen LogP contribution in [-0.2, 0) is 6.18 Å². The van der Waals surface area contributed by atoms with Crippen LogP contribution in [0.1, 0.15) is 26.4 Å². The van der Waals surface area contributed by atoms with Crippen LogP contribution in [0.2, 0.25) is 0 Å². The lowest BCUT2D eigenvalue weighted by molar-refractivity contribution is -0.140. The Kier molecular flexibility index (Phi) is 4.73. The second-order valence-electron chi connectivity index (χ2n) is 4.33. The van der Waals surface area contributed by atoms with Gasteiger partial charge in [-0.25, -0.2) is 4.39 Å². The first-order chi connectivity index (χ1) is 10.7. The molecule has 0 spiro atoms. The van der Waals surface area contributed by atoms with E-state index in [9.17, 15) is 27.2 Å². The number of alkyl halides is 3. The first kappa shape index (κ1) is 17.0. The minimum Gasteiger partial charge on any atom is -0.356 e. The largest absolute Gasteiger partial charge is 0.419 e. The minimum absolute atomic E-state index is 0.118. The van der Waals surface area contributed by atoms with E-state index in [1.165, 1.54) is 12.3 Å². The Balaban J connectivity index is 2.08. The molecule has 1 aromatic heterocycles. The molecule has 0 aliphatic carbocycles. The highest BCUT2D eigenvalue weighted by Crippen LogP contribution is 2.31. The van der Waals surface area contributed by atoms with Gasteiger partial charge in [0.1, 0.15) is 11.5 Å². The van der Waals surface area contributed by atoms with E-state index < -0.39 is 34.9 Å². The van der Waals surface area contributed by atoms with Gasteiger partial charge in [-0.1, -0.05) is 0 Å². The highest BCUT2D eigenvalue weighted by Gasteiger charge is 2.34. The molecule has 10 heteroatoms. The molecule has 0 aliphatic heterocycles. The highest BCUT2D eigenvalue weighted by molar-refractivity contribution is 9.10. The van der Waals surface area contributed by atoms with Gasteiger partial charge in [-0.2, -0.15) is 13.2 Å². The number of aromatic amines is 1. The van der Waals surface area contributed by atoms with Crippen molar-refractivity contribution in [1.82, 2.24) is 15.8 Å². The van der Waals surface area contributed by atoms with E-state index >= 15 is 0 Å². The predicted octanol–water partition coefficient (Wildman–Crippen LogP) is 3.01. The minimum atomic E-state index is -4.93. The Bertz CT molecular complexity index is 758. The second-order valence-corrected chi connectivity index (χ2v) is 5.25. The van der Waals surface area contributed by atoms with Crippen molar-refractivity contribution in [3.8, 4) is 0 Å². The van der Waals surface area contributed by atoms with Gasteiger partial charge in [0.15, 0.2) is 0 Å². The van der Waals surface area contributed by atoms with Crippen molar-refractivity contribution < 1.29 is 27.2 Å². The number of hydrogen-bond acceptors (Lipinski definition) is 2. The zero-order valence-corrected chi connectivity index (χ0v) is 12.7. The van der Waals surface area contributed by atoms with Crippen LogP contribution in [0.3, 0.4) is 0 Å². The van der Waals surface area contributed by atoms with Crippen LogP contribution in [-0.4, -0.2) is 16.8 Å². The fraction of sp³-hybridized carbons (Fsp3) is 0.0769. The monoisotopic (exact) mass is 393 g/mol. The van der Waals surface area contributed by atoms with E-state index in [1.54, 1.807) is 0 Å². The third-order valence-electron chi connectivity index (χ3n) is 2.72. The first-order valence-corrected chi connectivity index (χ1v) is 6.79. The van der Waals surface area contributed by atoms with E-state index in [0.717, 1.165) is 6.07 Å². The average Bonchev–Trinajstić information content (AvgIpc) is 2.90. The molecule has 122 valence electrons. The standard InChI is InChI=1S/C13H8BrF4N3O2/c14-7-4-10(19-5-7)12(23)21-20-11(22)6-1-2-9(15)8(3-6)13(16,17)18/h1-5,19H,(H,20,22)(H,21,23). The number of H-pyrrole nitrogens is 1. The molecule has 1 heterocycles. The van der Waals surface area contributed by atoms with Crippen molar-refractivity contribution in [2.45, 2.75) is 6.18 Å². The van der Waals surface area contributed by atoms with Gasteiger partial charge in [0.05, 0.1) is 5.56 Å². The second kappa shape index (κ2) is 6.41. The van der Waals surface area contributed by atoms with Gasteiger partial charge in [0.25, 0.3) is 11.8 Å². The van der Waals surface area contributed by atoms with Crippen molar-refractivity contribution in [3.63, 3.8) is 0 Å². The lowest BCUT2D eigenvalue weighted by Gasteiger charge is -2.10. The van der Waals surface area contributed by atoms with Gasteiger partial charge in [-0.15, -0.1) is 0 Å². The van der Waals surface area contributed by atoms with Crippen LogP contribution in [0.25, 0.3) is 0 Å². The summed E-state index contributed by atoms with van der Waals surface area (Å²) in [7, 11) is 0. The number of carbonyl (C=O) groups excluding carboxylic acids is 2. The lowest BCUT2D eigenvalue weighted by atomic mass is 10.1. The SMILES string of the molecule is O=C(NNC(=O)c1cc(Br)c[nH]1)c1ccc(F)c(C(F)(F)F)c1. The summed E-state index contributed by atoms with van der Waals surface area (Å²) in [5.74, 6) is -3.22. The number of benzene rings is 1. The third kappa shape index (κ3) is 4.09. The smallest absolute Gasteiger partial charge is 0.356 e. The van der Waals surface area contributed by atoms with Crippen LogP contribution in [0.5, 0.6) is 0 Å². The van der Waals surface area contributed by atoms with Crippen LogP contribution in [0, 0.1) is 5.82 Å². The average molecular weight is 394 g/mol. The molecule has 0 bridgehead atoms. The molecule has 0 unspecified atom stereocenters. The first-order valence-electron chi connectivity index (χ1n) is 6.00. The van der Waals surface area contributed by atoms with Crippen molar-refractivity contribution in [2.75, 3.05) is 0 Å². The number of carbonyl (C=O) groups is 2. The molecule has 0 radical (unpaired) electrons. The highest BCUT2D eigenvalue weighted by atomic mass is 79.9. The Morgan fingerprint density at radius 1 is 1.09 bits per heavy atom. The molecule has 0 saturated heterocycles. The fourth-order valence-electron chi connectivity index (χ4n) is 1.64. The van der Waals surface area contributed by atoms with Gasteiger partial charge < -0.3 is 4.98 Å². The van der Waals surface area contributed by atoms with Crippen molar-refractivity contribution in [3.05, 3.63) is 57.6 Å². The molecule has 0 saturated carbocycles. The normalized spacial score (nSPS) is 11.2. The number of hydrogen-bond donors (Lipinski definition) is 3. The summed E-state index contributed by atoms with van der Waals surface area (Å²) >= 11 is 3.11. The lowest BCUT2D eigenvalue weighted by Crippen LogP contribution is -2.41. The Hall–Kier alpha value is -2.36. The molecule has 1 aromatic carbocycles. The number of rotatable bonds is 2. The maximum atomic E-state index is 13.1. The van der Waals surface area contributed by atoms with E-state index in [2.05, 4.69) is 20.9 Å². The van der Waals surface area contributed by atoms with Crippen LogP contribution in [0.15, 0.2) is 34.9 Å². The van der Waals surface area contributed by atoms with Gasteiger partial charge in [-0.05, 0) is 40.2 Å². The van der Waals surface area contributed by atoms with E-state index in [1.807, 2.05) is 10.9 Å². The van der Waals surface area contributed by atoms with Crippen LogP contribution >= 0.6 is 15.9 Å². The fourth-order valence-corrected chi connectivity index (χ4v) is 1.98. The van der Waals surface area contributed by atoms with E-state index in [-0.39, 0.29) is 5.69 Å². The number of hydrazine groups is 1. The maximum absolute atomic E-state index is 13.1. The molecule has 0 aliphatic rings. The Morgan fingerprint density at radius 3 is 2.30 bits per heavy atom. The number of amides is 2. The topological polar surface area (TPSA) is 74.0 Å². The van der Waals surface area contributed by atoms with E-state index in [0.29, 0.717) is 16.6 Å². The molecular weight excluding hydrogens is 386 g/mol. The summed E-state index contributed by atoms with van der Waals surface area (Å²) in [5.41, 5.74) is 2.06. The van der Waals surface area contributed by atoms with Crippen molar-refractivity contribution in [1.29, 1.82) is 0 Å². The van der Waals surface area contributed by atoms with Crippen LogP contribution < -0.4 is 10.9 Å². The van der Waals surface area contributed by atoms with Crippen LogP contribution in [0.4, 0.5) is 17.6 Å². The molecule has 5 nitrogen and oxygen atoms in total. The van der Waals surface area contributed by atoms with Gasteiger partial charge in [-0.3, -0.25) is 20.4 Å². The number of halogens is 5. The molecule has 23 heavy (non-hydrogen) atoms. The summed E-state index contributed by atoms with van der Waals surface area (Å²) in [6.45, 7) is 0. The molecule has 0 atom stereocenters. The van der Waals surface area contributed by atoms with Crippen molar-refractivity contribution in [2.24, 2.45) is 0 Å². The Labute approximate surface area is 135 Å². The molecule has 2 amide bonds. The predicted molar refractivity (Wildman–Crippen MR) is 74.8 cm³/mol.